The molecule has 4 heteroatoms. The molecule has 22 heavy (non-hydrogen) atoms. The van der Waals surface area contributed by atoms with E-state index >= 15 is 0 Å². The summed E-state index contributed by atoms with van der Waals surface area (Å²) >= 11 is 0. The van der Waals surface area contributed by atoms with Crippen LogP contribution >= 0.6 is 0 Å². The molecule has 4 nitrogen and oxygen atoms in total. The van der Waals surface area contributed by atoms with Crippen molar-refractivity contribution in [3.8, 4) is 11.5 Å². The summed E-state index contributed by atoms with van der Waals surface area (Å²) in [6, 6.07) is 17.8. The summed E-state index contributed by atoms with van der Waals surface area (Å²) in [6.45, 7) is 1.87. The first kappa shape index (κ1) is 14.2. The van der Waals surface area contributed by atoms with Crippen LogP contribution in [0.15, 0.2) is 73.3 Å². The molecule has 0 saturated carbocycles. The molecule has 0 aliphatic rings. The summed E-state index contributed by atoms with van der Waals surface area (Å²) in [4.78, 5) is 4.04. The summed E-state index contributed by atoms with van der Waals surface area (Å²) in [5.74, 6) is 1.72. The van der Waals surface area contributed by atoms with Gasteiger partial charge in [0.05, 0.1) is 6.33 Å². The Morgan fingerprint density at radius 3 is 2.14 bits per heavy atom. The number of hydrogen-bond acceptors (Lipinski definition) is 3. The molecule has 0 N–H and O–H groups in total. The second-order valence-electron chi connectivity index (χ2n) is 4.89. The minimum absolute atomic E-state index is 0.524. The van der Waals surface area contributed by atoms with Crippen LogP contribution in [0.2, 0.25) is 0 Å². The zero-order valence-electron chi connectivity index (χ0n) is 12.3. The average molecular weight is 294 g/mol. The largest absolute Gasteiger partial charge is 0.490 e. The molecule has 2 aromatic carbocycles. The fraction of sp³-hybridized carbons (Fsp3) is 0.167. The van der Waals surface area contributed by atoms with Crippen LogP contribution in [-0.2, 0) is 6.54 Å². The van der Waals surface area contributed by atoms with Gasteiger partial charge >= 0.3 is 0 Å². The molecule has 0 atom stereocenters. The van der Waals surface area contributed by atoms with Gasteiger partial charge in [0.2, 0.25) is 0 Å². The van der Waals surface area contributed by atoms with Gasteiger partial charge in [-0.05, 0) is 29.8 Å². The molecule has 1 aromatic heterocycles. The second kappa shape index (κ2) is 7.31. The molecule has 0 bridgehead atoms. The molecule has 0 aliphatic carbocycles. The standard InChI is InChI=1S/C18H18N2O2/c1-2-4-17(5-3-1)21-12-13-22-18-8-6-16(7-9-18)14-20-11-10-19-15-20/h1-11,15H,12-14H2. The van der Waals surface area contributed by atoms with Gasteiger partial charge in [0, 0.05) is 18.9 Å². The smallest absolute Gasteiger partial charge is 0.122 e. The number of rotatable bonds is 7. The van der Waals surface area contributed by atoms with Crippen molar-refractivity contribution in [2.24, 2.45) is 0 Å². The highest BCUT2D eigenvalue weighted by atomic mass is 16.5. The summed E-state index contributed by atoms with van der Waals surface area (Å²) in [6.07, 6.45) is 5.54. The molecule has 1 heterocycles. The Labute approximate surface area is 130 Å². The second-order valence-corrected chi connectivity index (χ2v) is 4.89. The first-order valence-corrected chi connectivity index (χ1v) is 7.25. The van der Waals surface area contributed by atoms with E-state index in [9.17, 15) is 0 Å². The summed E-state index contributed by atoms with van der Waals surface area (Å²) in [5, 5.41) is 0. The molecule has 0 fully saturated rings. The normalized spacial score (nSPS) is 10.4. The van der Waals surface area contributed by atoms with Gasteiger partial charge in [-0.15, -0.1) is 0 Å². The monoisotopic (exact) mass is 294 g/mol. The number of hydrogen-bond donors (Lipinski definition) is 0. The number of benzene rings is 2. The fourth-order valence-corrected chi connectivity index (χ4v) is 2.12. The van der Waals surface area contributed by atoms with E-state index < -0.39 is 0 Å². The van der Waals surface area contributed by atoms with Crippen molar-refractivity contribution in [2.45, 2.75) is 6.54 Å². The molecule has 0 saturated heterocycles. The highest BCUT2D eigenvalue weighted by molar-refractivity contribution is 5.27. The van der Waals surface area contributed by atoms with Crippen LogP contribution in [-0.4, -0.2) is 22.8 Å². The predicted octanol–water partition coefficient (Wildman–Crippen LogP) is 3.39. The van der Waals surface area contributed by atoms with Crippen molar-refractivity contribution in [3.63, 3.8) is 0 Å². The molecule has 3 aromatic rings. The number of imidazole rings is 1. The minimum Gasteiger partial charge on any atom is -0.490 e. The molecule has 112 valence electrons. The first-order chi connectivity index (χ1) is 10.9. The third kappa shape index (κ3) is 4.12. The van der Waals surface area contributed by atoms with Gasteiger partial charge in [0.15, 0.2) is 0 Å². The van der Waals surface area contributed by atoms with E-state index in [4.69, 9.17) is 9.47 Å². The Balaban J connectivity index is 1.43. The molecule has 0 unspecified atom stereocenters. The van der Waals surface area contributed by atoms with Crippen LogP contribution in [0.5, 0.6) is 11.5 Å². The van der Waals surface area contributed by atoms with Crippen LogP contribution in [0.25, 0.3) is 0 Å². The van der Waals surface area contributed by atoms with E-state index in [1.54, 1.807) is 6.20 Å². The lowest BCUT2D eigenvalue weighted by Gasteiger charge is -2.09. The topological polar surface area (TPSA) is 36.3 Å². The quantitative estimate of drug-likeness (QED) is 0.627. The van der Waals surface area contributed by atoms with E-state index in [0.717, 1.165) is 18.0 Å². The maximum Gasteiger partial charge on any atom is 0.122 e. The lowest BCUT2D eigenvalue weighted by atomic mass is 10.2. The first-order valence-electron chi connectivity index (χ1n) is 7.25. The van der Waals surface area contributed by atoms with Crippen LogP contribution in [0.4, 0.5) is 0 Å². The van der Waals surface area contributed by atoms with Crippen LogP contribution in [0.3, 0.4) is 0 Å². The Hall–Kier alpha value is -2.75. The number of para-hydroxylation sites is 1. The molecule has 0 spiro atoms. The van der Waals surface area contributed by atoms with Gasteiger partial charge in [-0.1, -0.05) is 30.3 Å². The maximum atomic E-state index is 5.67. The van der Waals surface area contributed by atoms with Gasteiger partial charge in [-0.3, -0.25) is 0 Å². The number of nitrogens with zero attached hydrogens (tertiary/aromatic N) is 2. The van der Waals surface area contributed by atoms with Crippen LogP contribution in [0, 0.1) is 0 Å². The zero-order valence-corrected chi connectivity index (χ0v) is 12.3. The van der Waals surface area contributed by atoms with Crippen molar-refractivity contribution in [1.82, 2.24) is 9.55 Å². The Morgan fingerprint density at radius 1 is 0.818 bits per heavy atom. The molecule has 0 amide bonds. The van der Waals surface area contributed by atoms with E-state index in [1.807, 2.05) is 59.6 Å². The number of ether oxygens (including phenoxy) is 2. The van der Waals surface area contributed by atoms with Crippen molar-refractivity contribution < 1.29 is 9.47 Å². The molecular weight excluding hydrogens is 276 g/mol. The highest BCUT2D eigenvalue weighted by Gasteiger charge is 1.98. The van der Waals surface area contributed by atoms with Gasteiger partial charge in [0.1, 0.15) is 24.7 Å². The third-order valence-corrected chi connectivity index (χ3v) is 3.21. The van der Waals surface area contributed by atoms with Crippen LogP contribution in [0.1, 0.15) is 5.56 Å². The van der Waals surface area contributed by atoms with Gasteiger partial charge in [-0.25, -0.2) is 4.98 Å². The minimum atomic E-state index is 0.524. The number of aromatic nitrogens is 2. The van der Waals surface area contributed by atoms with Crippen LogP contribution < -0.4 is 9.47 Å². The van der Waals surface area contributed by atoms with E-state index in [2.05, 4.69) is 17.1 Å². The van der Waals surface area contributed by atoms with Crippen molar-refractivity contribution in [2.75, 3.05) is 13.2 Å². The van der Waals surface area contributed by atoms with E-state index in [1.165, 1.54) is 5.56 Å². The van der Waals surface area contributed by atoms with Gasteiger partial charge in [-0.2, -0.15) is 0 Å². The van der Waals surface area contributed by atoms with E-state index in [-0.39, 0.29) is 0 Å². The van der Waals surface area contributed by atoms with Crippen molar-refractivity contribution in [3.05, 3.63) is 78.9 Å². The Kier molecular flexibility index (Phi) is 4.72. The maximum absolute atomic E-state index is 5.67. The molecule has 3 rings (SSSR count). The Morgan fingerprint density at radius 2 is 1.50 bits per heavy atom. The molecule has 0 aliphatic heterocycles. The summed E-state index contributed by atoms with van der Waals surface area (Å²) in [7, 11) is 0. The molecular formula is C18H18N2O2. The van der Waals surface area contributed by atoms with E-state index in [0.29, 0.717) is 13.2 Å². The SMILES string of the molecule is c1ccc(OCCOc2ccc(Cn3ccnc3)cc2)cc1. The lowest BCUT2D eigenvalue weighted by molar-refractivity contribution is 0.217. The average Bonchev–Trinajstić information content (AvgIpc) is 3.07. The lowest BCUT2D eigenvalue weighted by Crippen LogP contribution is -2.08. The zero-order chi connectivity index (χ0) is 15.0. The third-order valence-electron chi connectivity index (χ3n) is 3.21. The molecule has 0 radical (unpaired) electrons. The van der Waals surface area contributed by atoms with Crippen molar-refractivity contribution >= 4 is 0 Å². The fourth-order valence-electron chi connectivity index (χ4n) is 2.12. The van der Waals surface area contributed by atoms with Crippen molar-refractivity contribution in [1.29, 1.82) is 0 Å². The van der Waals surface area contributed by atoms with Gasteiger partial charge in [0.25, 0.3) is 0 Å². The summed E-state index contributed by atoms with van der Waals surface area (Å²) < 4.78 is 13.3. The predicted molar refractivity (Wildman–Crippen MR) is 85.2 cm³/mol. The van der Waals surface area contributed by atoms with Gasteiger partial charge < -0.3 is 14.0 Å². The Bertz CT molecular complexity index is 664. The highest BCUT2D eigenvalue weighted by Crippen LogP contribution is 2.13. The summed E-state index contributed by atoms with van der Waals surface area (Å²) in [5.41, 5.74) is 1.21.